The largest absolute Gasteiger partial charge is 0.494 e. The highest BCUT2D eigenvalue weighted by Gasteiger charge is 2.26. The van der Waals surface area contributed by atoms with Crippen molar-refractivity contribution >= 4 is 11.7 Å². The van der Waals surface area contributed by atoms with E-state index in [4.69, 9.17) is 9.47 Å². The summed E-state index contributed by atoms with van der Waals surface area (Å²) < 4.78 is 11.4. The molecule has 7 heteroatoms. The molecule has 1 atom stereocenters. The number of amides is 1. The summed E-state index contributed by atoms with van der Waals surface area (Å²) in [6.07, 6.45) is 1.71. The first kappa shape index (κ1) is 18.9. The van der Waals surface area contributed by atoms with Gasteiger partial charge in [0.15, 0.2) is 5.82 Å². The zero-order chi connectivity index (χ0) is 19.2. The molecule has 0 radical (unpaired) electrons. The Morgan fingerprint density at radius 3 is 2.59 bits per heavy atom. The van der Waals surface area contributed by atoms with Gasteiger partial charge >= 0.3 is 0 Å². The molecule has 1 fully saturated rings. The van der Waals surface area contributed by atoms with Crippen molar-refractivity contribution < 1.29 is 14.3 Å². The molecule has 0 N–H and O–H groups in total. The Morgan fingerprint density at radius 1 is 1.19 bits per heavy atom. The van der Waals surface area contributed by atoms with Crippen molar-refractivity contribution in [2.45, 2.75) is 25.9 Å². The van der Waals surface area contributed by atoms with Gasteiger partial charge in [-0.25, -0.2) is 0 Å². The number of hydrogen-bond donors (Lipinski definition) is 0. The number of ether oxygens (including phenoxy) is 2. The van der Waals surface area contributed by atoms with Crippen molar-refractivity contribution in [1.82, 2.24) is 15.1 Å². The van der Waals surface area contributed by atoms with E-state index >= 15 is 0 Å². The zero-order valence-electron chi connectivity index (χ0n) is 16.1. The number of rotatable bonds is 6. The second kappa shape index (κ2) is 8.70. The summed E-state index contributed by atoms with van der Waals surface area (Å²) >= 11 is 0. The van der Waals surface area contributed by atoms with E-state index in [1.807, 2.05) is 67.2 Å². The lowest BCUT2D eigenvalue weighted by atomic mass is 10.1. The highest BCUT2D eigenvalue weighted by molar-refractivity contribution is 5.94. The molecule has 0 spiro atoms. The fraction of sp³-hybridized carbons (Fsp3) is 0.450. The summed E-state index contributed by atoms with van der Waals surface area (Å²) in [5, 5.41) is 8.25. The number of hydrogen-bond acceptors (Lipinski definition) is 6. The second-order valence-electron chi connectivity index (χ2n) is 6.71. The minimum absolute atomic E-state index is 0.0142. The van der Waals surface area contributed by atoms with Gasteiger partial charge in [0.2, 0.25) is 5.88 Å². The highest BCUT2D eigenvalue weighted by Crippen LogP contribution is 2.20. The molecule has 1 aliphatic rings. The third-order valence-electron chi connectivity index (χ3n) is 4.45. The van der Waals surface area contributed by atoms with Crippen LogP contribution in [0.1, 0.15) is 30.1 Å². The summed E-state index contributed by atoms with van der Waals surface area (Å²) in [5.41, 5.74) is 0.661. The van der Waals surface area contributed by atoms with Crippen molar-refractivity contribution in [3.8, 4) is 11.6 Å². The summed E-state index contributed by atoms with van der Waals surface area (Å²) in [6.45, 7) is 3.82. The van der Waals surface area contributed by atoms with Crippen LogP contribution in [0.4, 0.5) is 5.82 Å². The molecule has 144 valence electrons. The smallest absolute Gasteiger partial charge is 0.253 e. The Hall–Kier alpha value is -2.83. The fourth-order valence-electron chi connectivity index (χ4n) is 3.05. The minimum atomic E-state index is -0.0788. The van der Waals surface area contributed by atoms with Crippen molar-refractivity contribution in [1.29, 1.82) is 0 Å². The van der Waals surface area contributed by atoms with Crippen LogP contribution in [0.5, 0.6) is 11.6 Å². The number of piperidine rings is 1. The lowest BCUT2D eigenvalue weighted by molar-refractivity contribution is 0.0525. The summed E-state index contributed by atoms with van der Waals surface area (Å²) in [5.74, 6) is 2.05. The van der Waals surface area contributed by atoms with Gasteiger partial charge < -0.3 is 19.3 Å². The Bertz CT molecular complexity index is 747. The molecule has 0 aliphatic carbocycles. The standard InChI is InChI=1S/C20H26N4O3/c1-4-26-16-9-7-15(8-10-16)20(25)24-13-5-6-17(14-24)27-19-12-11-18(21-22-19)23(2)3/h7-12,17H,4-6,13-14H2,1-3H3. The van der Waals surface area contributed by atoms with Gasteiger partial charge in [0, 0.05) is 32.3 Å². The van der Waals surface area contributed by atoms with E-state index < -0.39 is 0 Å². The molecule has 7 nitrogen and oxygen atoms in total. The third-order valence-corrected chi connectivity index (χ3v) is 4.45. The molecule has 0 saturated carbocycles. The molecule has 1 amide bonds. The van der Waals surface area contributed by atoms with Crippen LogP contribution in [0.2, 0.25) is 0 Å². The first-order valence-electron chi connectivity index (χ1n) is 9.26. The lowest BCUT2D eigenvalue weighted by Gasteiger charge is -2.32. The Balaban J connectivity index is 1.60. The molecule has 1 aromatic carbocycles. The normalized spacial score (nSPS) is 16.7. The quantitative estimate of drug-likeness (QED) is 0.779. The van der Waals surface area contributed by atoms with Gasteiger partial charge in [0.1, 0.15) is 11.9 Å². The second-order valence-corrected chi connectivity index (χ2v) is 6.71. The van der Waals surface area contributed by atoms with E-state index in [0.717, 1.165) is 31.0 Å². The predicted octanol–water partition coefficient (Wildman–Crippen LogP) is 2.62. The molecule has 1 aromatic heterocycles. The Labute approximate surface area is 159 Å². The maximum atomic E-state index is 12.8. The van der Waals surface area contributed by atoms with E-state index in [1.54, 1.807) is 0 Å². The van der Waals surface area contributed by atoms with Gasteiger partial charge in [-0.15, -0.1) is 10.2 Å². The van der Waals surface area contributed by atoms with Crippen LogP contribution in [0.25, 0.3) is 0 Å². The number of nitrogens with zero attached hydrogens (tertiary/aromatic N) is 4. The number of carbonyl (C=O) groups excluding carboxylic acids is 1. The molecule has 1 saturated heterocycles. The van der Waals surface area contributed by atoms with E-state index in [0.29, 0.717) is 24.6 Å². The molecule has 1 unspecified atom stereocenters. The molecular formula is C20H26N4O3. The maximum absolute atomic E-state index is 12.8. The SMILES string of the molecule is CCOc1ccc(C(=O)N2CCCC(Oc3ccc(N(C)C)nn3)C2)cc1. The molecule has 3 rings (SSSR count). The molecule has 27 heavy (non-hydrogen) atoms. The molecular weight excluding hydrogens is 344 g/mol. The van der Waals surface area contributed by atoms with E-state index in [1.165, 1.54) is 0 Å². The zero-order valence-corrected chi connectivity index (χ0v) is 16.1. The predicted molar refractivity (Wildman–Crippen MR) is 104 cm³/mol. The molecule has 0 bridgehead atoms. The van der Waals surface area contributed by atoms with Crippen LogP contribution in [0.15, 0.2) is 36.4 Å². The first-order valence-corrected chi connectivity index (χ1v) is 9.26. The molecule has 2 heterocycles. The van der Waals surface area contributed by atoms with E-state index in [2.05, 4.69) is 10.2 Å². The Morgan fingerprint density at radius 2 is 1.96 bits per heavy atom. The Kier molecular flexibility index (Phi) is 6.11. The third kappa shape index (κ3) is 4.87. The fourth-order valence-corrected chi connectivity index (χ4v) is 3.05. The summed E-state index contributed by atoms with van der Waals surface area (Å²) in [4.78, 5) is 16.5. The number of likely N-dealkylation sites (tertiary alicyclic amines) is 1. The summed E-state index contributed by atoms with van der Waals surface area (Å²) in [7, 11) is 3.83. The van der Waals surface area contributed by atoms with Crippen molar-refractivity contribution in [2.75, 3.05) is 38.7 Å². The van der Waals surface area contributed by atoms with Gasteiger partial charge in [-0.3, -0.25) is 4.79 Å². The maximum Gasteiger partial charge on any atom is 0.253 e. The number of anilines is 1. The lowest BCUT2D eigenvalue weighted by Crippen LogP contribution is -2.44. The van der Waals surface area contributed by atoms with Gasteiger partial charge in [-0.2, -0.15) is 0 Å². The average Bonchev–Trinajstić information content (AvgIpc) is 2.69. The summed E-state index contributed by atoms with van der Waals surface area (Å²) in [6, 6.07) is 11.0. The van der Waals surface area contributed by atoms with E-state index in [-0.39, 0.29) is 12.0 Å². The number of aromatic nitrogens is 2. The van der Waals surface area contributed by atoms with E-state index in [9.17, 15) is 4.79 Å². The first-order chi connectivity index (χ1) is 13.1. The van der Waals surface area contributed by atoms with Crippen LogP contribution in [0.3, 0.4) is 0 Å². The van der Waals surface area contributed by atoms with Gasteiger partial charge in [0.05, 0.1) is 13.2 Å². The highest BCUT2D eigenvalue weighted by atomic mass is 16.5. The number of carbonyl (C=O) groups is 1. The van der Waals surface area contributed by atoms with Crippen LogP contribution < -0.4 is 14.4 Å². The van der Waals surface area contributed by atoms with Crippen molar-refractivity contribution in [2.24, 2.45) is 0 Å². The van der Waals surface area contributed by atoms with Crippen LogP contribution >= 0.6 is 0 Å². The van der Waals surface area contributed by atoms with Crippen LogP contribution in [-0.2, 0) is 0 Å². The average molecular weight is 370 g/mol. The van der Waals surface area contributed by atoms with Gasteiger partial charge in [-0.05, 0) is 50.1 Å². The van der Waals surface area contributed by atoms with Gasteiger partial charge in [-0.1, -0.05) is 0 Å². The van der Waals surface area contributed by atoms with Crippen molar-refractivity contribution in [3.05, 3.63) is 42.0 Å². The van der Waals surface area contributed by atoms with Crippen LogP contribution in [0, 0.1) is 0 Å². The molecule has 1 aliphatic heterocycles. The molecule has 2 aromatic rings. The topological polar surface area (TPSA) is 67.8 Å². The monoisotopic (exact) mass is 370 g/mol. The van der Waals surface area contributed by atoms with Gasteiger partial charge in [0.25, 0.3) is 5.91 Å². The van der Waals surface area contributed by atoms with Crippen LogP contribution in [-0.4, -0.2) is 60.9 Å². The van der Waals surface area contributed by atoms with Crippen molar-refractivity contribution in [3.63, 3.8) is 0 Å². The minimum Gasteiger partial charge on any atom is -0.494 e. The number of benzene rings is 1.